The third-order valence-electron chi connectivity index (χ3n) is 10.2. The number of rotatable bonds is 12. The molecule has 0 aliphatic carbocycles. The molecule has 6 heteroatoms. The minimum absolute atomic E-state index is 0. The first-order chi connectivity index (χ1) is 26.9. The second kappa shape index (κ2) is 23.8. The predicted molar refractivity (Wildman–Crippen MR) is 245 cm³/mol. The molecule has 6 aromatic rings. The van der Waals surface area contributed by atoms with Crippen LogP contribution in [0.2, 0.25) is 0 Å². The molecule has 6 rings (SSSR count). The van der Waals surface area contributed by atoms with Crippen molar-refractivity contribution in [2.24, 2.45) is 0 Å². The molecule has 0 unspecified atom stereocenters. The maximum atomic E-state index is 14.7. The highest BCUT2D eigenvalue weighted by Gasteiger charge is 2.16. The van der Waals surface area contributed by atoms with Gasteiger partial charge in [0.2, 0.25) is 0 Å². The molecule has 2 N–H and O–H groups in total. The van der Waals surface area contributed by atoms with E-state index in [9.17, 15) is 8.78 Å². The molecule has 0 bridgehead atoms. The van der Waals surface area contributed by atoms with E-state index in [4.69, 9.17) is 10.0 Å². The Morgan fingerprint density at radius 3 is 1.33 bits per heavy atom. The van der Waals surface area contributed by atoms with Crippen molar-refractivity contribution >= 4 is 28.5 Å². The van der Waals surface area contributed by atoms with Crippen molar-refractivity contribution in [1.82, 2.24) is 0 Å². The normalized spacial score (nSPS) is 10.4. The fourth-order valence-corrected chi connectivity index (χ4v) is 6.82. The van der Waals surface area contributed by atoms with Crippen LogP contribution in [0.1, 0.15) is 93.2 Å². The maximum absolute atomic E-state index is 14.7. The Morgan fingerprint density at radius 2 is 0.912 bits per heavy atom. The first kappa shape index (κ1) is 47.0. The zero-order chi connectivity index (χ0) is 40.6. The second-order valence-electron chi connectivity index (χ2n) is 14.6. The first-order valence-corrected chi connectivity index (χ1v) is 20.6. The number of unbranched alkanes of at least 4 members (excludes halogenated alkanes) is 4. The highest BCUT2D eigenvalue weighted by molar-refractivity contribution is 9.10. The van der Waals surface area contributed by atoms with Crippen molar-refractivity contribution in [2.45, 2.75) is 100 Å². The van der Waals surface area contributed by atoms with Gasteiger partial charge in [0.25, 0.3) is 0 Å². The van der Waals surface area contributed by atoms with E-state index in [1.807, 2.05) is 30.3 Å². The van der Waals surface area contributed by atoms with Gasteiger partial charge in [-0.1, -0.05) is 160 Å². The quantitative estimate of drug-likeness (QED) is 0.0952. The minimum Gasteiger partial charge on any atom is -0.423 e. The van der Waals surface area contributed by atoms with E-state index in [0.717, 1.165) is 45.1 Å². The average Bonchev–Trinajstić information content (AvgIpc) is 3.18. The smallest absolute Gasteiger partial charge is 0.423 e. The van der Waals surface area contributed by atoms with Gasteiger partial charge in [-0.05, 0) is 139 Å². The Kier molecular flexibility index (Phi) is 19.6. The highest BCUT2D eigenvalue weighted by Crippen LogP contribution is 2.30. The number of aryl methyl sites for hydroxylation is 6. The SMILES string of the molecule is C.CCCCCc1ccc(-c2ccc(-c3ccc(C)c(C)c3)c(F)c2)cc1.CCCCCc1ccc(-c2ccc(B(O)O)c(F)c2)cc1.Cc1ccc(Br)cc1C. The van der Waals surface area contributed by atoms with E-state index < -0.39 is 12.9 Å². The molecule has 57 heavy (non-hydrogen) atoms. The first-order valence-electron chi connectivity index (χ1n) is 19.8. The fraction of sp³-hybridized carbons (Fsp3) is 0.294. The van der Waals surface area contributed by atoms with E-state index in [0.29, 0.717) is 5.56 Å². The molecule has 6 aromatic carbocycles. The summed E-state index contributed by atoms with van der Waals surface area (Å²) in [7, 11) is -1.78. The second-order valence-corrected chi connectivity index (χ2v) is 15.6. The van der Waals surface area contributed by atoms with Crippen LogP contribution in [-0.4, -0.2) is 17.2 Å². The summed E-state index contributed by atoms with van der Waals surface area (Å²) < 4.78 is 29.6. The van der Waals surface area contributed by atoms with E-state index in [2.05, 4.69) is 124 Å². The zero-order valence-electron chi connectivity index (χ0n) is 33.8. The molecule has 0 fully saturated rings. The van der Waals surface area contributed by atoms with Gasteiger partial charge in [-0.25, -0.2) is 8.78 Å². The minimum atomic E-state index is -1.78. The van der Waals surface area contributed by atoms with Gasteiger partial charge in [-0.3, -0.25) is 0 Å². The van der Waals surface area contributed by atoms with Gasteiger partial charge in [0.05, 0.1) is 0 Å². The van der Waals surface area contributed by atoms with Gasteiger partial charge in [0, 0.05) is 15.5 Å². The van der Waals surface area contributed by atoms with Crippen LogP contribution in [0.5, 0.6) is 0 Å². The topological polar surface area (TPSA) is 40.5 Å². The van der Waals surface area contributed by atoms with Gasteiger partial charge >= 0.3 is 7.12 Å². The lowest BCUT2D eigenvalue weighted by Gasteiger charge is -2.09. The predicted octanol–water partition coefficient (Wildman–Crippen LogP) is 14.1. The van der Waals surface area contributed by atoms with E-state index in [-0.39, 0.29) is 18.7 Å². The van der Waals surface area contributed by atoms with Crippen LogP contribution in [-0.2, 0) is 12.8 Å². The number of hydrogen-bond acceptors (Lipinski definition) is 2. The molecule has 0 radical (unpaired) electrons. The lowest BCUT2D eigenvalue weighted by Crippen LogP contribution is -2.32. The molecule has 0 aliphatic rings. The van der Waals surface area contributed by atoms with Crippen LogP contribution >= 0.6 is 15.9 Å². The van der Waals surface area contributed by atoms with Crippen molar-refractivity contribution < 1.29 is 18.8 Å². The van der Waals surface area contributed by atoms with Crippen molar-refractivity contribution in [3.8, 4) is 33.4 Å². The van der Waals surface area contributed by atoms with Gasteiger partial charge in [0.1, 0.15) is 11.6 Å². The highest BCUT2D eigenvalue weighted by atomic mass is 79.9. The van der Waals surface area contributed by atoms with Gasteiger partial charge < -0.3 is 10.0 Å². The summed E-state index contributed by atoms with van der Waals surface area (Å²) in [4.78, 5) is 0. The molecule has 0 saturated carbocycles. The summed E-state index contributed by atoms with van der Waals surface area (Å²) in [6.45, 7) is 12.8. The Hall–Kier alpha value is -4.36. The average molecular weight is 834 g/mol. The molecule has 300 valence electrons. The van der Waals surface area contributed by atoms with E-state index >= 15 is 0 Å². The molecule has 0 saturated heterocycles. The lowest BCUT2D eigenvalue weighted by atomic mass is 9.79. The van der Waals surface area contributed by atoms with Crippen LogP contribution in [0.15, 0.2) is 126 Å². The molecular formula is C51H60BBrF2O2. The fourth-order valence-electron chi connectivity index (χ4n) is 6.34. The van der Waals surface area contributed by atoms with Gasteiger partial charge in [-0.15, -0.1) is 0 Å². The Bertz CT molecular complexity index is 2130. The van der Waals surface area contributed by atoms with Gasteiger partial charge in [0.15, 0.2) is 0 Å². The third-order valence-corrected chi connectivity index (χ3v) is 10.7. The summed E-state index contributed by atoms with van der Waals surface area (Å²) in [5.41, 5.74) is 12.9. The van der Waals surface area contributed by atoms with Crippen LogP contribution < -0.4 is 5.46 Å². The number of hydrogen-bond donors (Lipinski definition) is 2. The maximum Gasteiger partial charge on any atom is 0.491 e. The molecule has 0 aliphatic heterocycles. The van der Waals surface area contributed by atoms with E-state index in [1.54, 1.807) is 12.1 Å². The zero-order valence-corrected chi connectivity index (χ0v) is 35.4. The van der Waals surface area contributed by atoms with Crippen molar-refractivity contribution in [3.05, 3.63) is 171 Å². The molecular weight excluding hydrogens is 773 g/mol. The summed E-state index contributed by atoms with van der Waals surface area (Å²) in [5.74, 6) is -0.771. The summed E-state index contributed by atoms with van der Waals surface area (Å²) in [6.07, 6.45) is 9.56. The molecule has 0 amide bonds. The van der Waals surface area contributed by atoms with Crippen LogP contribution in [0.4, 0.5) is 8.78 Å². The van der Waals surface area contributed by atoms with Crippen molar-refractivity contribution in [1.29, 1.82) is 0 Å². The van der Waals surface area contributed by atoms with Crippen LogP contribution in [0.3, 0.4) is 0 Å². The van der Waals surface area contributed by atoms with E-state index in [1.165, 1.54) is 84.0 Å². The Balaban J connectivity index is 0.000000251. The largest absolute Gasteiger partial charge is 0.491 e. The Labute approximate surface area is 350 Å². The Morgan fingerprint density at radius 1 is 0.474 bits per heavy atom. The molecule has 0 spiro atoms. The van der Waals surface area contributed by atoms with Crippen molar-refractivity contribution in [2.75, 3.05) is 0 Å². The number of benzene rings is 6. The summed E-state index contributed by atoms with van der Waals surface area (Å²) in [5, 5.41) is 18.0. The monoisotopic (exact) mass is 832 g/mol. The van der Waals surface area contributed by atoms with Crippen LogP contribution in [0, 0.1) is 39.3 Å². The summed E-state index contributed by atoms with van der Waals surface area (Å²) >= 11 is 3.40. The summed E-state index contributed by atoms with van der Waals surface area (Å²) in [6, 6.07) is 39.0. The van der Waals surface area contributed by atoms with Crippen LogP contribution in [0.25, 0.3) is 33.4 Å². The standard InChI is InChI=1S/C25H27F.C17H20BFO2.C8H9Br.CH4/c1-4-5-6-7-20-9-12-21(13-10-20)22-14-15-24(25(26)17-22)23-11-8-18(2)19(3)16-23;1-2-3-4-5-13-6-8-14(9-7-13)15-10-11-16(18(20)21)17(19)12-15;1-6-3-4-8(9)5-7(6)2;/h8-17H,4-7H2,1-3H3;6-12,20-21H,2-5H2,1H3;3-5H,1-2H3;1H4. The van der Waals surface area contributed by atoms with Gasteiger partial charge in [-0.2, -0.15) is 0 Å². The molecule has 2 nitrogen and oxygen atoms in total. The molecule has 0 aromatic heterocycles. The molecule has 0 heterocycles. The van der Waals surface area contributed by atoms with Crippen molar-refractivity contribution in [3.63, 3.8) is 0 Å². The lowest BCUT2D eigenvalue weighted by molar-refractivity contribution is 0.423. The number of halogens is 3. The molecule has 0 atom stereocenters. The third kappa shape index (κ3) is 14.5.